The molecular formula is C23H23FN2O4S. The number of carbonyl (C=O) groups is 1. The number of nitrogens with zero attached hydrogens (tertiary/aromatic N) is 2. The Hall–Kier alpha value is -2.97. The largest absolute Gasteiger partial charge is 0.484 e. The van der Waals surface area contributed by atoms with E-state index in [0.29, 0.717) is 25.3 Å². The molecule has 1 fully saturated rings. The third-order valence-electron chi connectivity index (χ3n) is 5.34. The lowest BCUT2D eigenvalue weighted by atomic mass is 10.1. The minimum absolute atomic E-state index is 0.0494. The highest BCUT2D eigenvalue weighted by atomic mass is 32.2. The van der Waals surface area contributed by atoms with Crippen molar-refractivity contribution in [3.8, 4) is 5.75 Å². The van der Waals surface area contributed by atoms with E-state index in [0.717, 1.165) is 22.9 Å². The Bertz CT molecular complexity index is 1180. The number of fused-ring (bicyclic) bond motifs is 1. The molecule has 8 heteroatoms. The lowest BCUT2D eigenvalue weighted by Crippen LogP contribution is -2.39. The molecule has 0 N–H and O–H groups in total. The van der Waals surface area contributed by atoms with Crippen LogP contribution in [0.1, 0.15) is 6.42 Å². The first-order chi connectivity index (χ1) is 14.9. The summed E-state index contributed by atoms with van der Waals surface area (Å²) in [5.74, 6) is -0.0606. The Labute approximate surface area is 180 Å². The van der Waals surface area contributed by atoms with Gasteiger partial charge in [-0.25, -0.2) is 12.8 Å². The minimum Gasteiger partial charge on any atom is -0.484 e. The van der Waals surface area contributed by atoms with Gasteiger partial charge < -0.3 is 9.64 Å². The first kappa shape index (κ1) is 21.3. The molecular weight excluding hydrogens is 419 g/mol. The van der Waals surface area contributed by atoms with Gasteiger partial charge in [0.25, 0.3) is 5.91 Å². The van der Waals surface area contributed by atoms with Crippen LogP contribution in [0.3, 0.4) is 0 Å². The molecule has 0 unspecified atom stereocenters. The van der Waals surface area contributed by atoms with Crippen LogP contribution in [0.2, 0.25) is 0 Å². The minimum atomic E-state index is -3.73. The molecule has 1 amide bonds. The summed E-state index contributed by atoms with van der Waals surface area (Å²) < 4.78 is 45.8. The van der Waals surface area contributed by atoms with Crippen LogP contribution in [0.4, 0.5) is 4.39 Å². The molecule has 0 saturated carbocycles. The molecule has 3 aromatic carbocycles. The molecule has 0 bridgehead atoms. The summed E-state index contributed by atoms with van der Waals surface area (Å²) in [6, 6.07) is 18.3. The van der Waals surface area contributed by atoms with Gasteiger partial charge in [-0.15, -0.1) is 0 Å². The van der Waals surface area contributed by atoms with E-state index < -0.39 is 15.8 Å². The molecule has 3 aromatic rings. The number of carbonyl (C=O) groups excluding carboxylic acids is 1. The number of rotatable bonds is 5. The number of hydrogen-bond acceptors (Lipinski definition) is 4. The van der Waals surface area contributed by atoms with E-state index in [4.69, 9.17) is 4.74 Å². The van der Waals surface area contributed by atoms with Crippen LogP contribution in [0.25, 0.3) is 10.8 Å². The third-order valence-corrected chi connectivity index (χ3v) is 7.26. The Morgan fingerprint density at radius 1 is 0.903 bits per heavy atom. The predicted octanol–water partition coefficient (Wildman–Crippen LogP) is 3.28. The molecule has 0 spiro atoms. The van der Waals surface area contributed by atoms with Gasteiger partial charge in [-0.1, -0.05) is 30.3 Å². The van der Waals surface area contributed by atoms with E-state index >= 15 is 0 Å². The van der Waals surface area contributed by atoms with Crippen molar-refractivity contribution in [1.29, 1.82) is 0 Å². The predicted molar refractivity (Wildman–Crippen MR) is 116 cm³/mol. The maximum absolute atomic E-state index is 13.1. The normalized spacial score (nSPS) is 15.6. The summed E-state index contributed by atoms with van der Waals surface area (Å²) in [6.07, 6.45) is 0.516. The zero-order valence-corrected chi connectivity index (χ0v) is 17.7. The molecule has 0 atom stereocenters. The van der Waals surface area contributed by atoms with Gasteiger partial charge in [-0.2, -0.15) is 4.31 Å². The van der Waals surface area contributed by atoms with E-state index in [9.17, 15) is 17.6 Å². The molecule has 1 aliphatic heterocycles. The zero-order valence-electron chi connectivity index (χ0n) is 16.9. The Morgan fingerprint density at radius 2 is 1.65 bits per heavy atom. The quantitative estimate of drug-likeness (QED) is 0.608. The van der Waals surface area contributed by atoms with Gasteiger partial charge >= 0.3 is 0 Å². The second kappa shape index (κ2) is 9.03. The van der Waals surface area contributed by atoms with Crippen LogP contribution in [-0.4, -0.2) is 56.3 Å². The third kappa shape index (κ3) is 4.86. The molecule has 1 aliphatic rings. The number of sulfonamides is 1. The van der Waals surface area contributed by atoms with Crippen molar-refractivity contribution in [1.82, 2.24) is 9.21 Å². The molecule has 162 valence electrons. The van der Waals surface area contributed by atoms with Crippen LogP contribution < -0.4 is 4.74 Å². The summed E-state index contributed by atoms with van der Waals surface area (Å²) in [6.45, 7) is 1.11. The van der Waals surface area contributed by atoms with Crippen molar-refractivity contribution in [2.24, 2.45) is 0 Å². The Balaban J connectivity index is 1.36. The second-order valence-corrected chi connectivity index (χ2v) is 9.33. The number of hydrogen-bond donors (Lipinski definition) is 0. The summed E-state index contributed by atoms with van der Waals surface area (Å²) in [7, 11) is -3.73. The van der Waals surface area contributed by atoms with Gasteiger partial charge in [-0.3, -0.25) is 4.79 Å². The molecule has 31 heavy (non-hydrogen) atoms. The monoisotopic (exact) mass is 442 g/mol. The number of amides is 1. The van der Waals surface area contributed by atoms with Crippen molar-refractivity contribution >= 4 is 26.7 Å². The average molecular weight is 443 g/mol. The van der Waals surface area contributed by atoms with Crippen LogP contribution in [0, 0.1) is 5.82 Å². The highest BCUT2D eigenvalue weighted by molar-refractivity contribution is 7.89. The standard InChI is InChI=1S/C23H23FN2O4S/c24-20-7-10-22(11-8-20)31(28,29)26-13-3-12-25(14-15-26)23(27)17-30-21-9-6-18-4-1-2-5-19(18)16-21/h1-2,4-11,16H,3,12-15,17H2. The highest BCUT2D eigenvalue weighted by Crippen LogP contribution is 2.21. The summed E-state index contributed by atoms with van der Waals surface area (Å²) in [4.78, 5) is 14.3. The van der Waals surface area contributed by atoms with E-state index in [2.05, 4.69) is 0 Å². The van der Waals surface area contributed by atoms with E-state index in [-0.39, 0.29) is 30.5 Å². The fraction of sp³-hybridized carbons (Fsp3) is 0.261. The highest BCUT2D eigenvalue weighted by Gasteiger charge is 2.28. The van der Waals surface area contributed by atoms with E-state index in [1.807, 2.05) is 42.5 Å². The van der Waals surface area contributed by atoms with Gasteiger partial charge in [0.1, 0.15) is 11.6 Å². The summed E-state index contributed by atoms with van der Waals surface area (Å²) in [5.41, 5.74) is 0. The van der Waals surface area contributed by atoms with Crippen LogP contribution in [0.15, 0.2) is 71.6 Å². The SMILES string of the molecule is O=C(COc1ccc2ccccc2c1)N1CCCN(S(=O)(=O)c2ccc(F)cc2)CC1. The first-order valence-corrected chi connectivity index (χ1v) is 11.5. The van der Waals surface area contributed by atoms with E-state index in [1.165, 1.54) is 16.4 Å². The average Bonchev–Trinajstić information content (AvgIpc) is 3.05. The second-order valence-electron chi connectivity index (χ2n) is 7.39. The van der Waals surface area contributed by atoms with Crippen molar-refractivity contribution < 1.29 is 22.3 Å². The van der Waals surface area contributed by atoms with Crippen LogP contribution in [0.5, 0.6) is 5.75 Å². The molecule has 1 heterocycles. The maximum Gasteiger partial charge on any atom is 0.260 e. The topological polar surface area (TPSA) is 66.9 Å². The van der Waals surface area contributed by atoms with Crippen LogP contribution >= 0.6 is 0 Å². The molecule has 1 saturated heterocycles. The fourth-order valence-electron chi connectivity index (χ4n) is 3.63. The molecule has 4 rings (SSSR count). The Kier molecular flexibility index (Phi) is 6.20. The van der Waals surface area contributed by atoms with Gasteiger partial charge in [-0.05, 0) is 53.6 Å². The first-order valence-electron chi connectivity index (χ1n) is 10.1. The van der Waals surface area contributed by atoms with Gasteiger partial charge in [0, 0.05) is 26.2 Å². The fourth-order valence-corrected chi connectivity index (χ4v) is 5.10. The molecule has 6 nitrogen and oxygen atoms in total. The molecule has 0 aromatic heterocycles. The Morgan fingerprint density at radius 3 is 2.42 bits per heavy atom. The number of ether oxygens (including phenoxy) is 1. The number of benzene rings is 3. The van der Waals surface area contributed by atoms with Gasteiger partial charge in [0.15, 0.2) is 6.61 Å². The molecule has 0 aliphatic carbocycles. The van der Waals surface area contributed by atoms with Gasteiger partial charge in [0.2, 0.25) is 10.0 Å². The zero-order chi connectivity index (χ0) is 21.8. The van der Waals surface area contributed by atoms with Crippen molar-refractivity contribution in [3.05, 3.63) is 72.5 Å². The van der Waals surface area contributed by atoms with Gasteiger partial charge in [0.05, 0.1) is 4.90 Å². The van der Waals surface area contributed by atoms with Crippen molar-refractivity contribution in [3.63, 3.8) is 0 Å². The van der Waals surface area contributed by atoms with Crippen molar-refractivity contribution in [2.75, 3.05) is 32.8 Å². The van der Waals surface area contributed by atoms with Crippen LogP contribution in [-0.2, 0) is 14.8 Å². The lowest BCUT2D eigenvalue weighted by Gasteiger charge is -2.22. The maximum atomic E-state index is 13.1. The summed E-state index contributed by atoms with van der Waals surface area (Å²) in [5, 5.41) is 2.13. The van der Waals surface area contributed by atoms with Crippen molar-refractivity contribution in [2.45, 2.75) is 11.3 Å². The smallest absolute Gasteiger partial charge is 0.260 e. The number of halogens is 1. The molecule has 0 radical (unpaired) electrons. The summed E-state index contributed by atoms with van der Waals surface area (Å²) >= 11 is 0. The lowest BCUT2D eigenvalue weighted by molar-refractivity contribution is -0.133. The van der Waals surface area contributed by atoms with E-state index in [1.54, 1.807) is 4.90 Å².